The molecule has 0 heterocycles. The normalized spacial score (nSPS) is 11.9. The fraction of sp³-hybridized carbons (Fsp3) is 0.250. The summed E-state index contributed by atoms with van der Waals surface area (Å²) in [6.45, 7) is -0.0761. The van der Waals surface area contributed by atoms with E-state index in [0.717, 1.165) is 17.7 Å². The van der Waals surface area contributed by atoms with Gasteiger partial charge in [-0.3, -0.25) is 0 Å². The quantitative estimate of drug-likeness (QED) is 0.0879. The van der Waals surface area contributed by atoms with Gasteiger partial charge in [-0.2, -0.15) is 22.0 Å². The van der Waals surface area contributed by atoms with Gasteiger partial charge in [-0.25, -0.2) is 4.79 Å². The van der Waals surface area contributed by atoms with Crippen molar-refractivity contribution in [2.75, 3.05) is 24.7 Å². The Hall–Kier alpha value is -4.28. The lowest BCUT2D eigenvalue weighted by molar-refractivity contribution is -0.185. The molecule has 0 saturated heterocycles. The van der Waals surface area contributed by atoms with E-state index in [1.165, 1.54) is 48.6 Å². The van der Waals surface area contributed by atoms with Crippen LogP contribution >= 0.6 is 0 Å². The van der Waals surface area contributed by atoms with Crippen LogP contribution < -0.4 is 20.9 Å². The minimum Gasteiger partial charge on any atom is -0.494 e. The van der Waals surface area contributed by atoms with Crippen LogP contribution in [0, 0.1) is 0 Å². The van der Waals surface area contributed by atoms with Gasteiger partial charge in [-0.1, -0.05) is 18.2 Å². The summed E-state index contributed by atoms with van der Waals surface area (Å²) in [5, 5.41) is 0. The summed E-state index contributed by atoms with van der Waals surface area (Å²) in [6.07, 6.45) is -6.08. The summed E-state index contributed by atoms with van der Waals surface area (Å²) in [5.41, 5.74) is 13.5. The number of halogens is 5. The zero-order chi connectivity index (χ0) is 28.5. The van der Waals surface area contributed by atoms with E-state index in [2.05, 4.69) is 0 Å². The maximum absolute atomic E-state index is 14.6. The van der Waals surface area contributed by atoms with E-state index < -0.39 is 30.2 Å². The number of esters is 1. The molecule has 39 heavy (non-hydrogen) atoms. The van der Waals surface area contributed by atoms with E-state index in [0.29, 0.717) is 23.4 Å². The van der Waals surface area contributed by atoms with Gasteiger partial charge in [0, 0.05) is 30.3 Å². The number of nitrogens with two attached hydrogens (primary N) is 2. The number of ether oxygens (including phenoxy) is 3. The van der Waals surface area contributed by atoms with Gasteiger partial charge >= 0.3 is 18.3 Å². The molecule has 6 nitrogen and oxygen atoms in total. The molecule has 3 aromatic carbocycles. The summed E-state index contributed by atoms with van der Waals surface area (Å²) in [6, 6.07) is 15.3. The topological polar surface area (TPSA) is 96.8 Å². The molecule has 3 aromatic rings. The molecule has 0 fully saturated rings. The number of hydrogen-bond acceptors (Lipinski definition) is 6. The van der Waals surface area contributed by atoms with Crippen molar-refractivity contribution in [1.82, 2.24) is 0 Å². The molecule has 0 aliphatic carbocycles. The first-order valence-corrected chi connectivity index (χ1v) is 11.9. The summed E-state index contributed by atoms with van der Waals surface area (Å²) < 4.78 is 80.8. The highest BCUT2D eigenvalue weighted by Gasteiger charge is 2.34. The van der Waals surface area contributed by atoms with Crippen LogP contribution in [-0.4, -0.2) is 25.4 Å². The first-order chi connectivity index (χ1) is 18.4. The standard InChI is InChI=1S/C28H27F5N2O4/c29-27(30,31)15-1-16-37-23-11-6-21(7-12-23)28(32,33)39-24-9-2-19(3-10-24)4-13-26(36)38-17-14-20-5-8-22(34)18-25(20)35/h2-13,18H,1,14-17,34-35H2/b13-4+. The zero-order valence-electron chi connectivity index (χ0n) is 20.7. The third-order valence-electron chi connectivity index (χ3n) is 5.39. The van der Waals surface area contributed by atoms with Crippen molar-refractivity contribution in [2.24, 2.45) is 0 Å². The highest BCUT2D eigenvalue weighted by Crippen LogP contribution is 2.33. The van der Waals surface area contributed by atoms with E-state index in [1.807, 2.05) is 0 Å². The van der Waals surface area contributed by atoms with Crippen LogP contribution in [0.25, 0.3) is 6.08 Å². The second-order valence-electron chi connectivity index (χ2n) is 8.49. The zero-order valence-corrected chi connectivity index (χ0v) is 20.7. The molecule has 3 rings (SSSR count). The Balaban J connectivity index is 1.46. The van der Waals surface area contributed by atoms with E-state index in [4.69, 9.17) is 25.7 Å². The number of nitrogen functional groups attached to an aromatic ring is 2. The molecule has 0 radical (unpaired) electrons. The maximum Gasteiger partial charge on any atom is 0.426 e. The lowest BCUT2D eigenvalue weighted by atomic mass is 10.1. The summed E-state index contributed by atoms with van der Waals surface area (Å²) in [4.78, 5) is 12.0. The Morgan fingerprint density at radius 2 is 1.51 bits per heavy atom. The average molecular weight is 551 g/mol. The highest BCUT2D eigenvalue weighted by atomic mass is 19.4. The fourth-order valence-electron chi connectivity index (χ4n) is 3.38. The molecule has 0 saturated carbocycles. The minimum atomic E-state index is -4.28. The van der Waals surface area contributed by atoms with Crippen molar-refractivity contribution in [3.05, 3.63) is 89.5 Å². The van der Waals surface area contributed by atoms with Gasteiger partial charge < -0.3 is 25.7 Å². The van der Waals surface area contributed by atoms with Crippen LogP contribution in [0.1, 0.15) is 29.5 Å². The largest absolute Gasteiger partial charge is 0.494 e. The van der Waals surface area contributed by atoms with Crippen molar-refractivity contribution in [3.63, 3.8) is 0 Å². The average Bonchev–Trinajstić information content (AvgIpc) is 2.87. The van der Waals surface area contributed by atoms with E-state index >= 15 is 0 Å². The van der Waals surface area contributed by atoms with E-state index in [9.17, 15) is 26.7 Å². The van der Waals surface area contributed by atoms with Crippen LogP contribution in [-0.2, 0) is 22.1 Å². The molecule has 208 valence electrons. The molecule has 0 atom stereocenters. The highest BCUT2D eigenvalue weighted by molar-refractivity contribution is 5.87. The number of benzene rings is 3. The molecule has 0 aliphatic heterocycles. The van der Waals surface area contributed by atoms with Gasteiger partial charge in [0.25, 0.3) is 0 Å². The molecule has 0 unspecified atom stereocenters. The molecule has 11 heteroatoms. The maximum atomic E-state index is 14.6. The van der Waals surface area contributed by atoms with E-state index in [1.54, 1.807) is 18.2 Å². The van der Waals surface area contributed by atoms with Crippen molar-refractivity contribution in [3.8, 4) is 11.5 Å². The monoisotopic (exact) mass is 550 g/mol. The Morgan fingerprint density at radius 1 is 0.846 bits per heavy atom. The van der Waals surface area contributed by atoms with Crippen molar-refractivity contribution >= 4 is 23.4 Å². The second-order valence-corrected chi connectivity index (χ2v) is 8.49. The minimum absolute atomic E-state index is 0.115. The number of anilines is 2. The lowest BCUT2D eigenvalue weighted by Crippen LogP contribution is -2.21. The Morgan fingerprint density at radius 3 is 2.15 bits per heavy atom. The van der Waals surface area contributed by atoms with Crippen LogP contribution in [0.5, 0.6) is 11.5 Å². The molecule has 0 amide bonds. The first kappa shape index (κ1) is 29.3. The number of rotatable bonds is 12. The molecular weight excluding hydrogens is 523 g/mol. The van der Waals surface area contributed by atoms with Gasteiger partial charge in [0.15, 0.2) is 0 Å². The predicted molar refractivity (Wildman–Crippen MR) is 137 cm³/mol. The van der Waals surface area contributed by atoms with Crippen LogP contribution in [0.3, 0.4) is 0 Å². The van der Waals surface area contributed by atoms with Gasteiger partial charge in [-0.05, 0) is 72.2 Å². The van der Waals surface area contributed by atoms with Gasteiger partial charge in [0.05, 0.1) is 18.8 Å². The van der Waals surface area contributed by atoms with E-state index in [-0.39, 0.29) is 31.1 Å². The molecule has 0 aromatic heterocycles. The first-order valence-electron chi connectivity index (χ1n) is 11.9. The number of carbonyl (C=O) groups excluding carboxylic acids is 1. The van der Waals surface area contributed by atoms with Crippen molar-refractivity contribution in [1.29, 1.82) is 0 Å². The molecule has 0 bridgehead atoms. The third kappa shape index (κ3) is 9.84. The Labute approximate surface area is 222 Å². The molecule has 4 N–H and O–H groups in total. The van der Waals surface area contributed by atoms with Gasteiger partial charge in [-0.15, -0.1) is 0 Å². The summed E-state index contributed by atoms with van der Waals surface area (Å²) in [7, 11) is 0. The second kappa shape index (κ2) is 13.0. The van der Waals surface area contributed by atoms with Crippen LogP contribution in [0.2, 0.25) is 0 Å². The van der Waals surface area contributed by atoms with Crippen molar-refractivity contribution < 1.29 is 41.0 Å². The summed E-state index contributed by atoms with van der Waals surface area (Å²) >= 11 is 0. The lowest BCUT2D eigenvalue weighted by Gasteiger charge is -2.18. The Bertz CT molecular complexity index is 1260. The van der Waals surface area contributed by atoms with Crippen LogP contribution in [0.15, 0.2) is 72.8 Å². The molecule has 0 aliphatic rings. The Kier molecular flexibility index (Phi) is 9.75. The van der Waals surface area contributed by atoms with Gasteiger partial charge in [0.2, 0.25) is 0 Å². The molecular formula is C28H27F5N2O4. The van der Waals surface area contributed by atoms with Crippen LogP contribution in [0.4, 0.5) is 33.3 Å². The fourth-order valence-corrected chi connectivity index (χ4v) is 3.38. The summed E-state index contributed by atoms with van der Waals surface area (Å²) in [5.74, 6) is -0.530. The SMILES string of the molecule is Nc1ccc(CCOC(=O)/C=C/c2ccc(OC(F)(F)c3ccc(OCCCC(F)(F)F)cc3)cc2)c(N)c1. The number of hydrogen-bond donors (Lipinski definition) is 2. The molecule has 0 spiro atoms. The number of carbonyl (C=O) groups is 1. The third-order valence-corrected chi connectivity index (χ3v) is 5.39. The van der Waals surface area contributed by atoms with Gasteiger partial charge in [0.1, 0.15) is 11.5 Å². The predicted octanol–water partition coefficient (Wildman–Crippen LogP) is 6.50. The smallest absolute Gasteiger partial charge is 0.426 e. The van der Waals surface area contributed by atoms with Crippen molar-refractivity contribution in [2.45, 2.75) is 31.5 Å². The number of alkyl halides is 5.